The summed E-state index contributed by atoms with van der Waals surface area (Å²) >= 11 is 0. The Bertz CT molecular complexity index is 952. The number of hydrogen-bond donors (Lipinski definition) is 0. The van der Waals surface area contributed by atoms with Gasteiger partial charge in [-0.15, -0.1) is 0 Å². The second-order valence-electron chi connectivity index (χ2n) is 8.41. The number of piperidine rings is 1. The van der Waals surface area contributed by atoms with Crippen molar-refractivity contribution in [3.8, 4) is 11.5 Å². The van der Waals surface area contributed by atoms with Crippen molar-refractivity contribution >= 4 is 17.5 Å². The summed E-state index contributed by atoms with van der Waals surface area (Å²) in [5, 5.41) is 0. The predicted molar refractivity (Wildman–Crippen MR) is 118 cm³/mol. The third kappa shape index (κ3) is 4.38. The fourth-order valence-electron chi connectivity index (χ4n) is 4.51. The van der Waals surface area contributed by atoms with Crippen LogP contribution in [0, 0.1) is 6.92 Å². The molecule has 0 atom stereocenters. The highest BCUT2D eigenvalue weighted by Gasteiger charge is 2.24. The Labute approximate surface area is 182 Å². The van der Waals surface area contributed by atoms with Crippen LogP contribution in [0.3, 0.4) is 0 Å². The van der Waals surface area contributed by atoms with E-state index < -0.39 is 0 Å². The van der Waals surface area contributed by atoms with Gasteiger partial charge >= 0.3 is 0 Å². The molecule has 8 heteroatoms. The van der Waals surface area contributed by atoms with Crippen molar-refractivity contribution in [3.63, 3.8) is 0 Å². The smallest absolute Gasteiger partial charge is 0.231 e. The average molecular weight is 424 g/mol. The summed E-state index contributed by atoms with van der Waals surface area (Å²) in [4.78, 5) is 28.8. The maximum Gasteiger partial charge on any atom is 0.231 e. The first-order valence-electron chi connectivity index (χ1n) is 11.2. The molecule has 1 aromatic heterocycles. The molecule has 2 fully saturated rings. The van der Waals surface area contributed by atoms with Crippen LogP contribution < -0.4 is 19.3 Å². The summed E-state index contributed by atoms with van der Waals surface area (Å²) in [6.07, 6.45) is 4.13. The van der Waals surface area contributed by atoms with Crippen LogP contribution in [0.25, 0.3) is 0 Å². The molecule has 8 nitrogen and oxygen atoms in total. The number of hydrogen-bond acceptors (Lipinski definition) is 7. The van der Waals surface area contributed by atoms with Crippen LogP contribution in [0.4, 0.5) is 11.6 Å². The number of anilines is 2. The second-order valence-corrected chi connectivity index (χ2v) is 8.41. The van der Waals surface area contributed by atoms with E-state index in [1.54, 1.807) is 0 Å². The van der Waals surface area contributed by atoms with Gasteiger partial charge in [0.05, 0.1) is 6.42 Å². The lowest BCUT2D eigenvalue weighted by atomic mass is 10.1. The van der Waals surface area contributed by atoms with E-state index in [4.69, 9.17) is 9.47 Å². The monoisotopic (exact) mass is 423 g/mol. The Hall–Kier alpha value is -3.03. The number of fused-ring (bicyclic) bond motifs is 1. The lowest BCUT2D eigenvalue weighted by molar-refractivity contribution is -0.130. The molecule has 5 rings (SSSR count). The Balaban J connectivity index is 1.20. The summed E-state index contributed by atoms with van der Waals surface area (Å²) in [5.41, 5.74) is 0.953. The van der Waals surface area contributed by atoms with Crippen LogP contribution in [0.5, 0.6) is 11.5 Å². The molecule has 4 heterocycles. The van der Waals surface area contributed by atoms with Crippen molar-refractivity contribution in [1.82, 2.24) is 14.9 Å². The summed E-state index contributed by atoms with van der Waals surface area (Å²) in [5.74, 6) is 4.41. The maximum atomic E-state index is 12.8. The van der Waals surface area contributed by atoms with Crippen molar-refractivity contribution in [2.75, 3.05) is 55.9 Å². The third-order valence-corrected chi connectivity index (χ3v) is 6.24. The van der Waals surface area contributed by atoms with E-state index in [9.17, 15) is 4.79 Å². The first kappa shape index (κ1) is 19.9. The predicted octanol–water partition coefficient (Wildman–Crippen LogP) is 2.40. The number of nitrogens with zero attached hydrogens (tertiary/aromatic N) is 5. The van der Waals surface area contributed by atoms with Crippen molar-refractivity contribution in [2.45, 2.75) is 32.6 Å². The van der Waals surface area contributed by atoms with Gasteiger partial charge in [0.25, 0.3) is 0 Å². The van der Waals surface area contributed by atoms with Crippen molar-refractivity contribution in [1.29, 1.82) is 0 Å². The highest BCUT2D eigenvalue weighted by atomic mass is 16.7. The van der Waals surface area contributed by atoms with Gasteiger partial charge in [0.2, 0.25) is 12.7 Å². The van der Waals surface area contributed by atoms with E-state index in [0.29, 0.717) is 19.5 Å². The molecule has 0 radical (unpaired) electrons. The van der Waals surface area contributed by atoms with Crippen LogP contribution in [0.2, 0.25) is 0 Å². The Morgan fingerprint density at radius 3 is 2.29 bits per heavy atom. The quantitative estimate of drug-likeness (QED) is 0.748. The molecule has 0 spiro atoms. The summed E-state index contributed by atoms with van der Waals surface area (Å²) in [7, 11) is 0. The minimum Gasteiger partial charge on any atom is -0.454 e. The first-order chi connectivity index (χ1) is 15.2. The summed E-state index contributed by atoms with van der Waals surface area (Å²) < 4.78 is 10.8. The molecule has 0 unspecified atom stereocenters. The molecule has 1 amide bonds. The third-order valence-electron chi connectivity index (χ3n) is 6.24. The van der Waals surface area contributed by atoms with Gasteiger partial charge in [-0.1, -0.05) is 6.07 Å². The molecule has 2 aromatic rings. The first-order valence-corrected chi connectivity index (χ1v) is 11.2. The van der Waals surface area contributed by atoms with E-state index >= 15 is 0 Å². The second kappa shape index (κ2) is 8.61. The van der Waals surface area contributed by atoms with Crippen LogP contribution in [-0.4, -0.2) is 66.8 Å². The molecule has 0 bridgehead atoms. The van der Waals surface area contributed by atoms with Crippen LogP contribution in [0.15, 0.2) is 24.3 Å². The zero-order chi connectivity index (χ0) is 21.2. The van der Waals surface area contributed by atoms with Gasteiger partial charge in [0, 0.05) is 45.3 Å². The molecular formula is C23H29N5O3. The standard InChI is InChI=1S/C23H29N5O3/c1-17-24-21(26-7-3-2-4-8-26)15-22(25-17)27-9-11-28(12-10-27)23(29)14-18-5-6-19-20(13-18)31-16-30-19/h5-6,13,15H,2-4,7-12,14,16H2,1H3. The number of piperazine rings is 1. The Morgan fingerprint density at radius 2 is 1.55 bits per heavy atom. The van der Waals surface area contributed by atoms with Gasteiger partial charge in [-0.3, -0.25) is 4.79 Å². The van der Waals surface area contributed by atoms with Gasteiger partial charge in [0.1, 0.15) is 17.5 Å². The highest BCUT2D eigenvalue weighted by Crippen LogP contribution is 2.32. The number of amides is 1. The average Bonchev–Trinajstić information content (AvgIpc) is 3.27. The number of carbonyl (C=O) groups excluding carboxylic acids is 1. The molecule has 0 N–H and O–H groups in total. The summed E-state index contributed by atoms with van der Waals surface area (Å²) in [6, 6.07) is 7.83. The largest absolute Gasteiger partial charge is 0.454 e. The number of aromatic nitrogens is 2. The molecule has 31 heavy (non-hydrogen) atoms. The van der Waals surface area contributed by atoms with Gasteiger partial charge < -0.3 is 24.2 Å². The number of aryl methyl sites for hydroxylation is 1. The Kier molecular flexibility index (Phi) is 5.53. The highest BCUT2D eigenvalue weighted by molar-refractivity contribution is 5.79. The van der Waals surface area contributed by atoms with Crippen LogP contribution >= 0.6 is 0 Å². The van der Waals surface area contributed by atoms with Gasteiger partial charge in [-0.05, 0) is 43.9 Å². The molecule has 0 aliphatic carbocycles. The van der Waals surface area contributed by atoms with Crippen molar-refractivity contribution < 1.29 is 14.3 Å². The van der Waals surface area contributed by atoms with E-state index in [0.717, 1.165) is 60.7 Å². The lowest BCUT2D eigenvalue weighted by Gasteiger charge is -2.36. The molecule has 3 aliphatic heterocycles. The van der Waals surface area contributed by atoms with Crippen molar-refractivity contribution in [3.05, 3.63) is 35.7 Å². The fourth-order valence-corrected chi connectivity index (χ4v) is 4.51. The minimum absolute atomic E-state index is 0.145. The summed E-state index contributed by atoms with van der Waals surface area (Å²) in [6.45, 7) is 7.30. The fraction of sp³-hybridized carbons (Fsp3) is 0.522. The molecule has 3 aliphatic rings. The van der Waals surface area contributed by atoms with Gasteiger partial charge in [0.15, 0.2) is 11.5 Å². The van der Waals surface area contributed by atoms with E-state index in [-0.39, 0.29) is 12.7 Å². The number of rotatable bonds is 4. The molecule has 2 saturated heterocycles. The minimum atomic E-state index is 0.145. The molecular weight excluding hydrogens is 394 g/mol. The number of ether oxygens (including phenoxy) is 2. The Morgan fingerprint density at radius 1 is 0.871 bits per heavy atom. The van der Waals surface area contributed by atoms with Gasteiger partial charge in [-0.25, -0.2) is 9.97 Å². The molecule has 0 saturated carbocycles. The zero-order valence-electron chi connectivity index (χ0n) is 18.0. The van der Waals surface area contributed by atoms with Crippen LogP contribution in [0.1, 0.15) is 30.7 Å². The molecule has 1 aromatic carbocycles. The van der Waals surface area contributed by atoms with E-state index in [1.165, 1.54) is 19.3 Å². The number of carbonyl (C=O) groups is 1. The van der Waals surface area contributed by atoms with Gasteiger partial charge in [-0.2, -0.15) is 0 Å². The topological polar surface area (TPSA) is 71.0 Å². The van der Waals surface area contributed by atoms with E-state index in [1.807, 2.05) is 30.0 Å². The van der Waals surface area contributed by atoms with E-state index in [2.05, 4.69) is 25.8 Å². The SMILES string of the molecule is Cc1nc(N2CCCCC2)cc(N2CCN(C(=O)Cc3ccc4c(c3)OCO4)CC2)n1. The maximum absolute atomic E-state index is 12.8. The number of benzene rings is 1. The zero-order valence-corrected chi connectivity index (χ0v) is 18.0. The van der Waals surface area contributed by atoms with Crippen molar-refractivity contribution in [2.24, 2.45) is 0 Å². The normalized spacial score (nSPS) is 18.4. The van der Waals surface area contributed by atoms with Crippen LogP contribution in [-0.2, 0) is 11.2 Å². The molecule has 164 valence electrons. The lowest BCUT2D eigenvalue weighted by Crippen LogP contribution is -2.49.